The molecule has 0 spiro atoms. The minimum Gasteiger partial charge on any atom is -0.497 e. The van der Waals surface area contributed by atoms with Crippen molar-refractivity contribution in [1.82, 2.24) is 19.4 Å². The summed E-state index contributed by atoms with van der Waals surface area (Å²) in [6.45, 7) is 2.74. The molecule has 1 aliphatic rings. The van der Waals surface area contributed by atoms with Crippen molar-refractivity contribution in [3.8, 4) is 5.75 Å². The highest BCUT2D eigenvalue weighted by atomic mass is 16.5. The van der Waals surface area contributed by atoms with Crippen LogP contribution in [0.4, 0.5) is 0 Å². The molecule has 1 saturated heterocycles. The Morgan fingerprint density at radius 3 is 2.79 bits per heavy atom. The number of imidazole rings is 1. The quantitative estimate of drug-likeness (QED) is 0.616. The lowest BCUT2D eigenvalue weighted by Crippen LogP contribution is -2.30. The second-order valence-electron chi connectivity index (χ2n) is 7.31. The van der Waals surface area contributed by atoms with E-state index < -0.39 is 0 Å². The van der Waals surface area contributed by atoms with Gasteiger partial charge in [0.25, 0.3) is 0 Å². The molecule has 29 heavy (non-hydrogen) atoms. The number of fused-ring (bicyclic) bond motifs is 1. The first-order chi connectivity index (χ1) is 14.2. The van der Waals surface area contributed by atoms with E-state index in [0.29, 0.717) is 26.1 Å². The fraction of sp³-hybridized carbons (Fsp3) is 0.409. The van der Waals surface area contributed by atoms with Crippen LogP contribution in [0.1, 0.15) is 23.7 Å². The lowest BCUT2D eigenvalue weighted by atomic mass is 10.1. The summed E-state index contributed by atoms with van der Waals surface area (Å²) < 4.78 is 12.6. The number of hydrogen-bond donors (Lipinski definition) is 0. The third-order valence-electron chi connectivity index (χ3n) is 5.47. The number of aromatic nitrogens is 3. The van der Waals surface area contributed by atoms with Gasteiger partial charge in [-0.2, -0.15) is 0 Å². The van der Waals surface area contributed by atoms with Crippen LogP contribution in [0.5, 0.6) is 5.75 Å². The van der Waals surface area contributed by atoms with Crippen molar-refractivity contribution in [1.29, 1.82) is 0 Å². The first-order valence-corrected chi connectivity index (χ1v) is 9.90. The second-order valence-corrected chi connectivity index (χ2v) is 7.31. The molecule has 1 fully saturated rings. The van der Waals surface area contributed by atoms with Gasteiger partial charge in [0.1, 0.15) is 17.1 Å². The van der Waals surface area contributed by atoms with Crippen LogP contribution < -0.4 is 4.74 Å². The Kier molecular flexibility index (Phi) is 5.76. The smallest absolute Gasteiger partial charge is 0.227 e. The van der Waals surface area contributed by atoms with Crippen molar-refractivity contribution in [3.63, 3.8) is 0 Å². The summed E-state index contributed by atoms with van der Waals surface area (Å²) in [5.74, 6) is 2.15. The minimum atomic E-state index is 0.148. The first-order valence-electron chi connectivity index (χ1n) is 9.90. The molecule has 0 saturated carbocycles. The highest BCUT2D eigenvalue weighted by molar-refractivity contribution is 5.79. The maximum Gasteiger partial charge on any atom is 0.227 e. The Labute approximate surface area is 170 Å². The van der Waals surface area contributed by atoms with E-state index >= 15 is 0 Å². The third kappa shape index (κ3) is 4.10. The van der Waals surface area contributed by atoms with Crippen molar-refractivity contribution < 1.29 is 14.3 Å². The van der Waals surface area contributed by atoms with Crippen LogP contribution >= 0.6 is 0 Å². The molecule has 0 radical (unpaired) electrons. The summed E-state index contributed by atoms with van der Waals surface area (Å²) in [7, 11) is 3.33. The average Bonchev–Trinajstić information content (AvgIpc) is 3.38. The van der Waals surface area contributed by atoms with Crippen LogP contribution in [0.15, 0.2) is 42.6 Å². The number of hydrogen-bond acceptors (Lipinski definition) is 5. The van der Waals surface area contributed by atoms with E-state index in [1.165, 1.54) is 0 Å². The van der Waals surface area contributed by atoms with Gasteiger partial charge in [0.05, 0.1) is 20.1 Å². The van der Waals surface area contributed by atoms with Gasteiger partial charge in [-0.15, -0.1) is 0 Å². The van der Waals surface area contributed by atoms with Crippen LogP contribution in [0.2, 0.25) is 0 Å². The zero-order valence-corrected chi connectivity index (χ0v) is 16.9. The second kappa shape index (κ2) is 8.61. The van der Waals surface area contributed by atoms with Crippen LogP contribution in [0.25, 0.3) is 11.2 Å². The van der Waals surface area contributed by atoms with Crippen LogP contribution in [-0.2, 0) is 22.5 Å². The van der Waals surface area contributed by atoms with Gasteiger partial charge in [0.2, 0.25) is 5.91 Å². The maximum absolute atomic E-state index is 12.8. The summed E-state index contributed by atoms with van der Waals surface area (Å²) in [4.78, 5) is 24.1. The molecule has 0 aliphatic carbocycles. The average molecular weight is 394 g/mol. The number of methoxy groups -OCH3 is 2. The molecule has 4 rings (SSSR count). The Bertz CT molecular complexity index is 983. The number of nitrogens with zero attached hydrogens (tertiary/aromatic N) is 4. The SMILES string of the molecule is COCCn1c(C2CCN(C(=O)Cc3ccc(OC)cc3)C2)nc2cccnc21. The van der Waals surface area contributed by atoms with E-state index in [4.69, 9.17) is 14.5 Å². The molecule has 3 aromatic rings. The molecule has 1 unspecified atom stereocenters. The topological polar surface area (TPSA) is 69.5 Å². The number of carbonyl (C=O) groups excluding carboxylic acids is 1. The van der Waals surface area contributed by atoms with Gasteiger partial charge in [-0.1, -0.05) is 12.1 Å². The summed E-state index contributed by atoms with van der Waals surface area (Å²) >= 11 is 0. The van der Waals surface area contributed by atoms with Gasteiger partial charge in [-0.05, 0) is 36.2 Å². The van der Waals surface area contributed by atoms with Crippen LogP contribution in [0, 0.1) is 0 Å². The van der Waals surface area contributed by atoms with E-state index in [2.05, 4.69) is 9.55 Å². The highest BCUT2D eigenvalue weighted by Crippen LogP contribution is 2.29. The fourth-order valence-corrected chi connectivity index (χ4v) is 3.92. The first kappa shape index (κ1) is 19.4. The predicted octanol–water partition coefficient (Wildman–Crippen LogP) is 2.64. The molecule has 1 aliphatic heterocycles. The molecule has 7 nitrogen and oxygen atoms in total. The maximum atomic E-state index is 12.8. The molecule has 152 valence electrons. The van der Waals surface area contributed by atoms with E-state index in [1.807, 2.05) is 41.3 Å². The molecule has 3 heterocycles. The molecule has 1 atom stereocenters. The number of pyridine rings is 1. The summed E-state index contributed by atoms with van der Waals surface area (Å²) in [6, 6.07) is 11.6. The predicted molar refractivity (Wildman–Crippen MR) is 110 cm³/mol. The van der Waals surface area contributed by atoms with Crippen molar-refractivity contribution in [2.45, 2.75) is 25.3 Å². The van der Waals surface area contributed by atoms with Gasteiger partial charge in [-0.25, -0.2) is 9.97 Å². The number of rotatable bonds is 7. The Balaban J connectivity index is 1.48. The third-order valence-corrected chi connectivity index (χ3v) is 5.47. The Morgan fingerprint density at radius 2 is 2.03 bits per heavy atom. The lowest BCUT2D eigenvalue weighted by molar-refractivity contribution is -0.129. The standard InChI is InChI=1S/C22H26N4O3/c1-28-13-12-26-21(24-19-4-3-10-23-22(19)26)17-9-11-25(15-17)20(27)14-16-5-7-18(29-2)8-6-16/h3-8,10,17H,9,11-15H2,1-2H3. The zero-order valence-electron chi connectivity index (χ0n) is 16.9. The van der Waals surface area contributed by atoms with E-state index in [0.717, 1.165) is 41.3 Å². The van der Waals surface area contributed by atoms with Gasteiger partial charge in [0.15, 0.2) is 5.65 Å². The molecule has 1 amide bonds. The molecular weight excluding hydrogens is 368 g/mol. The number of amides is 1. The van der Waals surface area contributed by atoms with Crippen molar-refractivity contribution in [2.24, 2.45) is 0 Å². The summed E-state index contributed by atoms with van der Waals surface area (Å²) in [5, 5.41) is 0. The van der Waals surface area contributed by atoms with Gasteiger partial charge in [0, 0.05) is 38.9 Å². The van der Waals surface area contributed by atoms with E-state index in [9.17, 15) is 4.79 Å². The van der Waals surface area contributed by atoms with Gasteiger partial charge in [-0.3, -0.25) is 4.79 Å². The number of ether oxygens (including phenoxy) is 2. The normalized spacial score (nSPS) is 16.5. The van der Waals surface area contributed by atoms with E-state index in [1.54, 1.807) is 20.4 Å². The Hall–Kier alpha value is -2.93. The molecule has 2 aromatic heterocycles. The fourth-order valence-electron chi connectivity index (χ4n) is 3.92. The summed E-state index contributed by atoms with van der Waals surface area (Å²) in [6.07, 6.45) is 3.10. The lowest BCUT2D eigenvalue weighted by Gasteiger charge is -2.17. The minimum absolute atomic E-state index is 0.148. The van der Waals surface area contributed by atoms with E-state index in [-0.39, 0.29) is 11.8 Å². The van der Waals surface area contributed by atoms with Crippen molar-refractivity contribution in [2.75, 3.05) is 33.9 Å². The summed E-state index contributed by atoms with van der Waals surface area (Å²) in [5.41, 5.74) is 2.76. The number of carbonyl (C=O) groups is 1. The Morgan fingerprint density at radius 1 is 1.21 bits per heavy atom. The monoisotopic (exact) mass is 394 g/mol. The van der Waals surface area contributed by atoms with Gasteiger partial charge < -0.3 is 18.9 Å². The highest BCUT2D eigenvalue weighted by Gasteiger charge is 2.31. The molecule has 0 bridgehead atoms. The van der Waals surface area contributed by atoms with Gasteiger partial charge >= 0.3 is 0 Å². The molecule has 1 aromatic carbocycles. The van der Waals surface area contributed by atoms with Crippen molar-refractivity contribution >= 4 is 17.1 Å². The zero-order chi connectivity index (χ0) is 20.2. The number of likely N-dealkylation sites (tertiary alicyclic amines) is 1. The molecule has 7 heteroatoms. The molecule has 0 N–H and O–H groups in total. The largest absolute Gasteiger partial charge is 0.497 e. The number of benzene rings is 1. The molecular formula is C22H26N4O3. The van der Waals surface area contributed by atoms with Crippen LogP contribution in [-0.4, -0.2) is 59.3 Å². The van der Waals surface area contributed by atoms with Crippen LogP contribution in [0.3, 0.4) is 0 Å². The van der Waals surface area contributed by atoms with Crippen molar-refractivity contribution in [3.05, 3.63) is 54.0 Å².